The Labute approximate surface area is 94.2 Å². The molecule has 0 aliphatic carbocycles. The second-order valence-electron chi connectivity index (χ2n) is 4.86. The van der Waals surface area contributed by atoms with Crippen molar-refractivity contribution in [2.45, 2.75) is 52.6 Å². The zero-order valence-electron chi connectivity index (χ0n) is 10.3. The highest BCUT2D eigenvalue weighted by atomic mass is 16.5. The summed E-state index contributed by atoms with van der Waals surface area (Å²) in [6.07, 6.45) is 12.0. The van der Waals surface area contributed by atoms with Crippen molar-refractivity contribution in [3.63, 3.8) is 0 Å². The van der Waals surface area contributed by atoms with E-state index in [1.165, 1.54) is 24.8 Å². The Balaban J connectivity index is 2.15. The molecule has 0 N–H and O–H groups in total. The van der Waals surface area contributed by atoms with Crippen LogP contribution in [0.3, 0.4) is 0 Å². The molecular formula is C14H24O. The molecule has 0 aromatic heterocycles. The van der Waals surface area contributed by atoms with Gasteiger partial charge in [0.2, 0.25) is 0 Å². The van der Waals surface area contributed by atoms with Gasteiger partial charge in [-0.05, 0) is 45.4 Å². The zero-order valence-corrected chi connectivity index (χ0v) is 10.3. The van der Waals surface area contributed by atoms with Gasteiger partial charge in [-0.1, -0.05) is 30.7 Å². The van der Waals surface area contributed by atoms with Crippen LogP contribution in [0.25, 0.3) is 0 Å². The topological polar surface area (TPSA) is 9.23 Å². The zero-order chi connectivity index (χ0) is 11.1. The van der Waals surface area contributed by atoms with E-state index in [1.54, 1.807) is 0 Å². The highest BCUT2D eigenvalue weighted by Crippen LogP contribution is 2.19. The molecule has 1 aliphatic heterocycles. The van der Waals surface area contributed by atoms with Gasteiger partial charge in [0.05, 0.1) is 12.7 Å². The molecule has 0 fully saturated rings. The maximum absolute atomic E-state index is 5.67. The summed E-state index contributed by atoms with van der Waals surface area (Å²) >= 11 is 0. The third-order valence-corrected chi connectivity index (χ3v) is 2.87. The Bertz CT molecular complexity index is 223. The van der Waals surface area contributed by atoms with Crippen LogP contribution >= 0.6 is 0 Å². The summed E-state index contributed by atoms with van der Waals surface area (Å²) in [6.45, 7) is 7.48. The van der Waals surface area contributed by atoms with Gasteiger partial charge in [-0.25, -0.2) is 0 Å². The lowest BCUT2D eigenvalue weighted by Crippen LogP contribution is -2.18. The fourth-order valence-electron chi connectivity index (χ4n) is 1.96. The highest BCUT2D eigenvalue weighted by Gasteiger charge is 2.13. The van der Waals surface area contributed by atoms with Crippen molar-refractivity contribution in [1.82, 2.24) is 0 Å². The second kappa shape index (κ2) is 6.84. The molecule has 1 aliphatic rings. The third kappa shape index (κ3) is 5.78. The van der Waals surface area contributed by atoms with Crippen LogP contribution < -0.4 is 0 Å². The lowest BCUT2D eigenvalue weighted by Gasteiger charge is -2.22. The number of hydrogen-bond acceptors (Lipinski definition) is 1. The van der Waals surface area contributed by atoms with Crippen LogP contribution in [0.1, 0.15) is 46.5 Å². The summed E-state index contributed by atoms with van der Waals surface area (Å²) in [5.74, 6) is 0.775. The number of ether oxygens (including phenoxy) is 1. The van der Waals surface area contributed by atoms with Gasteiger partial charge >= 0.3 is 0 Å². The summed E-state index contributed by atoms with van der Waals surface area (Å²) in [5.41, 5.74) is 1.43. The van der Waals surface area contributed by atoms with Gasteiger partial charge in [0.1, 0.15) is 0 Å². The lowest BCUT2D eigenvalue weighted by molar-refractivity contribution is 0.0502. The first kappa shape index (κ1) is 12.5. The summed E-state index contributed by atoms with van der Waals surface area (Å²) in [4.78, 5) is 0. The van der Waals surface area contributed by atoms with Crippen molar-refractivity contribution in [1.29, 1.82) is 0 Å². The van der Waals surface area contributed by atoms with Gasteiger partial charge < -0.3 is 4.74 Å². The minimum Gasteiger partial charge on any atom is -0.374 e. The molecule has 0 aromatic rings. The van der Waals surface area contributed by atoms with E-state index in [4.69, 9.17) is 4.74 Å². The monoisotopic (exact) mass is 208 g/mol. The van der Waals surface area contributed by atoms with E-state index < -0.39 is 0 Å². The minimum absolute atomic E-state index is 0.469. The molecular weight excluding hydrogens is 184 g/mol. The fourth-order valence-corrected chi connectivity index (χ4v) is 1.96. The molecule has 0 radical (unpaired) electrons. The van der Waals surface area contributed by atoms with Gasteiger partial charge in [0.15, 0.2) is 0 Å². The number of allylic oxidation sites excluding steroid dienone is 2. The maximum Gasteiger partial charge on any atom is 0.0651 e. The van der Waals surface area contributed by atoms with Crippen LogP contribution in [0, 0.1) is 5.92 Å². The Morgan fingerprint density at radius 1 is 1.47 bits per heavy atom. The van der Waals surface area contributed by atoms with Gasteiger partial charge in [-0.2, -0.15) is 0 Å². The van der Waals surface area contributed by atoms with E-state index in [0.29, 0.717) is 6.10 Å². The van der Waals surface area contributed by atoms with Crippen molar-refractivity contribution in [3.8, 4) is 0 Å². The number of rotatable bonds is 5. The van der Waals surface area contributed by atoms with Crippen LogP contribution in [-0.2, 0) is 4.74 Å². The average Bonchev–Trinajstić information content (AvgIpc) is 2.18. The van der Waals surface area contributed by atoms with Gasteiger partial charge in [0.25, 0.3) is 0 Å². The molecule has 2 atom stereocenters. The summed E-state index contributed by atoms with van der Waals surface area (Å²) in [5, 5.41) is 0. The molecule has 15 heavy (non-hydrogen) atoms. The molecule has 1 unspecified atom stereocenters. The first-order valence-corrected chi connectivity index (χ1v) is 6.08. The van der Waals surface area contributed by atoms with Gasteiger partial charge in [-0.15, -0.1) is 0 Å². The van der Waals surface area contributed by atoms with Gasteiger partial charge in [0, 0.05) is 0 Å². The summed E-state index contributed by atoms with van der Waals surface area (Å²) in [6, 6.07) is 0. The molecule has 0 amide bonds. The number of hydrogen-bond donors (Lipinski definition) is 0. The van der Waals surface area contributed by atoms with Crippen LogP contribution in [0.15, 0.2) is 23.8 Å². The molecule has 0 bridgehead atoms. The Kier molecular flexibility index (Phi) is 5.70. The molecule has 0 saturated carbocycles. The first-order valence-electron chi connectivity index (χ1n) is 6.08. The average molecular weight is 208 g/mol. The second-order valence-corrected chi connectivity index (χ2v) is 4.86. The van der Waals surface area contributed by atoms with E-state index in [-0.39, 0.29) is 0 Å². The van der Waals surface area contributed by atoms with Crippen LogP contribution in [0.2, 0.25) is 0 Å². The van der Waals surface area contributed by atoms with Gasteiger partial charge in [-0.3, -0.25) is 0 Å². The molecule has 1 heteroatoms. The maximum atomic E-state index is 5.67. The molecule has 1 heterocycles. The van der Waals surface area contributed by atoms with E-state index in [9.17, 15) is 0 Å². The van der Waals surface area contributed by atoms with Crippen molar-refractivity contribution < 1.29 is 4.74 Å². The molecule has 86 valence electrons. The quantitative estimate of drug-likeness (QED) is 0.618. The predicted molar refractivity (Wildman–Crippen MR) is 65.9 cm³/mol. The molecule has 1 nitrogen and oxygen atoms in total. The van der Waals surface area contributed by atoms with E-state index in [0.717, 1.165) is 18.9 Å². The Morgan fingerprint density at radius 2 is 2.27 bits per heavy atom. The normalized spacial score (nSPS) is 22.5. The molecule has 1 rings (SSSR count). The molecule has 0 aromatic carbocycles. The first-order chi connectivity index (χ1) is 7.18. The third-order valence-electron chi connectivity index (χ3n) is 2.87. The van der Waals surface area contributed by atoms with E-state index >= 15 is 0 Å². The summed E-state index contributed by atoms with van der Waals surface area (Å²) < 4.78 is 5.67. The molecule has 0 saturated heterocycles. The van der Waals surface area contributed by atoms with E-state index in [1.807, 2.05) is 0 Å². The standard InChI is InChI=1S/C14H24O/c1-12(2)7-6-8-13(3)11-14-9-4-5-10-15-14/h4-5,7,13-14H,6,8-11H2,1-3H3/t13-,14?/m0/s1. The van der Waals surface area contributed by atoms with Crippen LogP contribution in [0.5, 0.6) is 0 Å². The van der Waals surface area contributed by atoms with E-state index in [2.05, 4.69) is 39.0 Å². The highest BCUT2D eigenvalue weighted by molar-refractivity contribution is 4.93. The SMILES string of the molecule is CC(C)=CCC[C@H](C)CC1CC=CCO1. The van der Waals surface area contributed by atoms with Crippen LogP contribution in [-0.4, -0.2) is 12.7 Å². The predicted octanol–water partition coefficient (Wildman–Crippen LogP) is 4.10. The lowest BCUT2D eigenvalue weighted by atomic mass is 9.95. The van der Waals surface area contributed by atoms with Crippen molar-refractivity contribution in [2.75, 3.05) is 6.61 Å². The summed E-state index contributed by atoms with van der Waals surface area (Å²) in [7, 11) is 0. The Hall–Kier alpha value is -0.560. The Morgan fingerprint density at radius 3 is 2.87 bits per heavy atom. The van der Waals surface area contributed by atoms with Crippen LogP contribution in [0.4, 0.5) is 0 Å². The largest absolute Gasteiger partial charge is 0.374 e. The van der Waals surface area contributed by atoms with Crippen molar-refractivity contribution in [3.05, 3.63) is 23.8 Å². The smallest absolute Gasteiger partial charge is 0.0651 e. The fraction of sp³-hybridized carbons (Fsp3) is 0.714. The minimum atomic E-state index is 0.469. The molecule has 0 spiro atoms. The van der Waals surface area contributed by atoms with Crippen molar-refractivity contribution in [2.24, 2.45) is 5.92 Å². The van der Waals surface area contributed by atoms with Crippen molar-refractivity contribution >= 4 is 0 Å².